The molecule has 4 rings (SSSR count). The number of nitrogens with zero attached hydrogens (tertiary/aromatic N) is 4. The molecular weight excluding hydrogens is 392 g/mol. The summed E-state index contributed by atoms with van der Waals surface area (Å²) in [5, 5.41) is 1.31. The molecule has 0 radical (unpaired) electrons. The highest BCUT2D eigenvalue weighted by molar-refractivity contribution is 7.19. The number of carbonyl (C=O) groups is 1. The van der Waals surface area contributed by atoms with Crippen LogP contribution in [0.15, 0.2) is 0 Å². The van der Waals surface area contributed by atoms with Gasteiger partial charge in [-0.1, -0.05) is 34.1 Å². The van der Waals surface area contributed by atoms with Gasteiger partial charge in [0.15, 0.2) is 0 Å². The average Bonchev–Trinajstić information content (AvgIpc) is 3.13. The first-order chi connectivity index (χ1) is 14.5. The van der Waals surface area contributed by atoms with Crippen molar-refractivity contribution >= 4 is 33.3 Å². The molecule has 0 unspecified atom stereocenters. The Hall–Kier alpha value is -1.69. The molecule has 1 saturated heterocycles. The summed E-state index contributed by atoms with van der Waals surface area (Å²) in [4.78, 5) is 29.8. The van der Waals surface area contributed by atoms with E-state index in [-0.39, 0.29) is 0 Å². The molecule has 0 N–H and O–H groups in total. The van der Waals surface area contributed by atoms with Crippen LogP contribution in [-0.2, 0) is 17.6 Å². The maximum Gasteiger partial charge on any atom is 0.222 e. The zero-order chi connectivity index (χ0) is 21.3. The summed E-state index contributed by atoms with van der Waals surface area (Å²) in [6, 6.07) is 0. The maximum atomic E-state index is 12.5. The van der Waals surface area contributed by atoms with Gasteiger partial charge in [-0.3, -0.25) is 4.79 Å². The Morgan fingerprint density at radius 2 is 1.97 bits per heavy atom. The Morgan fingerprint density at radius 1 is 1.20 bits per heavy atom. The number of unbranched alkanes of at least 4 members (excludes halogenated alkanes) is 1. The van der Waals surface area contributed by atoms with E-state index in [4.69, 9.17) is 9.97 Å². The number of anilines is 1. The standard InChI is InChI=1S/C24H36N4OS/c1-5-7-8-20(29)27-11-13-28(14-12-27)23-21-18-10-9-16(3)15-19(18)30-24(21)26-22(25-23)17(4)6-2/h16-17H,5-15H2,1-4H3/t16-,17+/m0/s1. The molecule has 1 amide bonds. The molecule has 0 aromatic carbocycles. The summed E-state index contributed by atoms with van der Waals surface area (Å²) in [5.74, 6) is 3.54. The largest absolute Gasteiger partial charge is 0.352 e. The highest BCUT2D eigenvalue weighted by Crippen LogP contribution is 2.41. The SMILES string of the molecule is CCCCC(=O)N1CCN(c2nc([C@H](C)CC)nc3sc4c(c23)CC[C@H](C)C4)CC1. The smallest absolute Gasteiger partial charge is 0.222 e. The number of aromatic nitrogens is 2. The monoisotopic (exact) mass is 428 g/mol. The maximum absolute atomic E-state index is 12.5. The molecule has 2 aliphatic rings. The van der Waals surface area contributed by atoms with Crippen molar-refractivity contribution in [2.75, 3.05) is 31.1 Å². The lowest BCUT2D eigenvalue weighted by Gasteiger charge is -2.36. The molecule has 2 aromatic rings. The number of carbonyl (C=O) groups excluding carboxylic acids is 1. The molecule has 1 fully saturated rings. The number of thiophene rings is 1. The third kappa shape index (κ3) is 4.20. The first-order valence-corrected chi connectivity index (χ1v) is 12.7. The van der Waals surface area contributed by atoms with E-state index in [0.717, 1.165) is 69.4 Å². The van der Waals surface area contributed by atoms with Crippen LogP contribution in [0.5, 0.6) is 0 Å². The number of aryl methyl sites for hydroxylation is 1. The molecule has 0 saturated carbocycles. The van der Waals surface area contributed by atoms with Gasteiger partial charge in [-0.2, -0.15) is 0 Å². The van der Waals surface area contributed by atoms with Crippen molar-refractivity contribution in [1.29, 1.82) is 0 Å². The molecule has 2 atom stereocenters. The second-order valence-electron chi connectivity index (χ2n) is 9.22. The average molecular weight is 429 g/mol. The molecular formula is C24H36N4OS. The lowest BCUT2D eigenvalue weighted by molar-refractivity contribution is -0.131. The molecule has 1 aliphatic carbocycles. The van der Waals surface area contributed by atoms with Gasteiger partial charge in [0.2, 0.25) is 5.91 Å². The van der Waals surface area contributed by atoms with Crippen LogP contribution in [0.25, 0.3) is 10.2 Å². The molecule has 0 spiro atoms. The van der Waals surface area contributed by atoms with Crippen LogP contribution in [0.2, 0.25) is 0 Å². The summed E-state index contributed by atoms with van der Waals surface area (Å²) in [5.41, 5.74) is 1.50. The van der Waals surface area contributed by atoms with Crippen LogP contribution >= 0.6 is 11.3 Å². The molecule has 164 valence electrons. The fourth-order valence-corrected chi connectivity index (χ4v) is 6.01. The third-order valence-corrected chi connectivity index (χ3v) is 8.03. The summed E-state index contributed by atoms with van der Waals surface area (Å²) < 4.78 is 0. The summed E-state index contributed by atoms with van der Waals surface area (Å²) in [6.07, 6.45) is 7.37. The van der Waals surface area contributed by atoms with Gasteiger partial charge in [0.05, 0.1) is 5.39 Å². The molecule has 0 bridgehead atoms. The van der Waals surface area contributed by atoms with Crippen LogP contribution in [0, 0.1) is 5.92 Å². The minimum absolute atomic E-state index is 0.312. The first-order valence-electron chi connectivity index (χ1n) is 11.9. The molecule has 2 aromatic heterocycles. The zero-order valence-corrected chi connectivity index (χ0v) is 19.9. The van der Waals surface area contributed by atoms with Crippen molar-refractivity contribution < 1.29 is 4.79 Å². The summed E-state index contributed by atoms with van der Waals surface area (Å²) in [7, 11) is 0. The van der Waals surface area contributed by atoms with Crippen LogP contribution in [0.3, 0.4) is 0 Å². The highest BCUT2D eigenvalue weighted by atomic mass is 32.1. The van der Waals surface area contributed by atoms with Gasteiger partial charge in [-0.05, 0) is 43.6 Å². The van der Waals surface area contributed by atoms with Crippen molar-refractivity contribution in [3.8, 4) is 0 Å². The number of amides is 1. The number of rotatable bonds is 6. The van der Waals surface area contributed by atoms with Crippen molar-refractivity contribution in [1.82, 2.24) is 14.9 Å². The van der Waals surface area contributed by atoms with Crippen molar-refractivity contribution in [3.05, 3.63) is 16.3 Å². The van der Waals surface area contributed by atoms with Crippen LogP contribution < -0.4 is 4.90 Å². The van der Waals surface area contributed by atoms with E-state index >= 15 is 0 Å². The fourth-order valence-electron chi connectivity index (χ4n) is 4.62. The number of fused-ring (bicyclic) bond motifs is 3. The van der Waals surface area contributed by atoms with E-state index < -0.39 is 0 Å². The van der Waals surface area contributed by atoms with Gasteiger partial charge < -0.3 is 9.80 Å². The number of piperazine rings is 1. The topological polar surface area (TPSA) is 49.3 Å². The van der Waals surface area contributed by atoms with E-state index in [2.05, 4.69) is 32.6 Å². The van der Waals surface area contributed by atoms with Gasteiger partial charge in [-0.25, -0.2) is 9.97 Å². The fraction of sp³-hybridized carbons (Fsp3) is 0.708. The van der Waals surface area contributed by atoms with E-state index in [1.165, 1.54) is 33.5 Å². The second-order valence-corrected chi connectivity index (χ2v) is 10.3. The van der Waals surface area contributed by atoms with Gasteiger partial charge in [0.1, 0.15) is 16.5 Å². The Labute approximate surface area is 184 Å². The summed E-state index contributed by atoms with van der Waals surface area (Å²) >= 11 is 1.90. The Morgan fingerprint density at radius 3 is 2.67 bits per heavy atom. The lowest BCUT2D eigenvalue weighted by atomic mass is 9.89. The predicted molar refractivity (Wildman–Crippen MR) is 126 cm³/mol. The predicted octanol–water partition coefficient (Wildman–Crippen LogP) is 5.17. The van der Waals surface area contributed by atoms with Gasteiger partial charge >= 0.3 is 0 Å². The quantitative estimate of drug-likeness (QED) is 0.637. The van der Waals surface area contributed by atoms with Gasteiger partial charge in [0, 0.05) is 43.4 Å². The molecule has 5 nitrogen and oxygen atoms in total. The molecule has 6 heteroatoms. The minimum Gasteiger partial charge on any atom is -0.352 e. The molecule has 30 heavy (non-hydrogen) atoms. The lowest BCUT2D eigenvalue weighted by Crippen LogP contribution is -2.49. The highest BCUT2D eigenvalue weighted by Gasteiger charge is 2.29. The Bertz CT molecular complexity index is 900. The van der Waals surface area contributed by atoms with Crippen LogP contribution in [-0.4, -0.2) is 47.0 Å². The number of hydrogen-bond donors (Lipinski definition) is 0. The molecule has 1 aliphatic heterocycles. The zero-order valence-electron chi connectivity index (χ0n) is 19.0. The van der Waals surface area contributed by atoms with Gasteiger partial charge in [0.25, 0.3) is 0 Å². The Balaban J connectivity index is 1.65. The van der Waals surface area contributed by atoms with E-state index in [9.17, 15) is 4.79 Å². The minimum atomic E-state index is 0.312. The van der Waals surface area contributed by atoms with E-state index in [1.54, 1.807) is 0 Å². The van der Waals surface area contributed by atoms with Crippen molar-refractivity contribution in [2.45, 2.75) is 78.6 Å². The van der Waals surface area contributed by atoms with Crippen LogP contribution in [0.4, 0.5) is 5.82 Å². The number of hydrogen-bond acceptors (Lipinski definition) is 5. The first kappa shape index (κ1) is 21.5. The van der Waals surface area contributed by atoms with Crippen molar-refractivity contribution in [3.63, 3.8) is 0 Å². The van der Waals surface area contributed by atoms with E-state index in [1.807, 2.05) is 16.2 Å². The summed E-state index contributed by atoms with van der Waals surface area (Å²) in [6.45, 7) is 12.3. The molecule has 3 heterocycles. The van der Waals surface area contributed by atoms with Gasteiger partial charge in [-0.15, -0.1) is 11.3 Å². The van der Waals surface area contributed by atoms with Crippen molar-refractivity contribution in [2.24, 2.45) is 5.92 Å². The Kier molecular flexibility index (Phi) is 6.61. The second kappa shape index (κ2) is 9.21. The normalized spacial score (nSPS) is 20.5. The van der Waals surface area contributed by atoms with Crippen LogP contribution in [0.1, 0.15) is 82.0 Å². The third-order valence-electron chi connectivity index (χ3n) is 6.88. The van der Waals surface area contributed by atoms with E-state index in [0.29, 0.717) is 18.2 Å².